The lowest BCUT2D eigenvalue weighted by Gasteiger charge is -2.34. The average molecular weight is 252 g/mol. The van der Waals surface area contributed by atoms with E-state index in [0.717, 1.165) is 5.56 Å². The molecule has 1 aromatic carbocycles. The Hall–Kier alpha value is -0.980. The van der Waals surface area contributed by atoms with Crippen LogP contribution in [0.1, 0.15) is 5.56 Å². The number of benzene rings is 1. The van der Waals surface area contributed by atoms with E-state index in [-0.39, 0.29) is 12.2 Å². The average Bonchev–Trinajstić information content (AvgIpc) is 2.72. The number of aliphatic hydroxyl groups excluding tert-OH is 2. The van der Waals surface area contributed by atoms with Gasteiger partial charge in [0.15, 0.2) is 6.29 Å². The van der Waals surface area contributed by atoms with Gasteiger partial charge in [0.05, 0.1) is 13.2 Å². The summed E-state index contributed by atoms with van der Waals surface area (Å²) in [6, 6.07) is 9.77. The van der Waals surface area contributed by atoms with Crippen LogP contribution in [0, 0.1) is 0 Å². The standard InChI is InChI=1S/C13H16O5/c14-10-12-11(9(7-17-12)18-13(10)15)16-6-8-4-2-1-3-5-8/h1-5,9-15H,6-7H2. The van der Waals surface area contributed by atoms with Crippen molar-refractivity contribution in [3.63, 3.8) is 0 Å². The summed E-state index contributed by atoms with van der Waals surface area (Å²) in [5.41, 5.74) is 1.05. The maximum absolute atomic E-state index is 9.75. The Labute approximate surface area is 105 Å². The molecule has 2 bridgehead atoms. The molecule has 5 unspecified atom stereocenters. The van der Waals surface area contributed by atoms with E-state index in [2.05, 4.69) is 0 Å². The van der Waals surface area contributed by atoms with Crippen molar-refractivity contribution in [3.05, 3.63) is 35.9 Å². The van der Waals surface area contributed by atoms with Crippen molar-refractivity contribution >= 4 is 0 Å². The highest BCUT2D eigenvalue weighted by atomic mass is 16.7. The van der Waals surface area contributed by atoms with Crippen molar-refractivity contribution < 1.29 is 24.4 Å². The Morgan fingerprint density at radius 3 is 2.78 bits per heavy atom. The zero-order chi connectivity index (χ0) is 12.5. The molecule has 2 N–H and O–H groups in total. The van der Waals surface area contributed by atoms with Crippen molar-refractivity contribution in [1.82, 2.24) is 0 Å². The highest BCUT2D eigenvalue weighted by Crippen LogP contribution is 2.31. The molecule has 0 spiro atoms. The van der Waals surface area contributed by atoms with E-state index in [1.54, 1.807) is 0 Å². The van der Waals surface area contributed by atoms with Gasteiger partial charge in [0.25, 0.3) is 0 Å². The number of hydrogen-bond donors (Lipinski definition) is 2. The molecule has 18 heavy (non-hydrogen) atoms. The molecular formula is C13H16O5. The van der Waals surface area contributed by atoms with Crippen molar-refractivity contribution in [2.75, 3.05) is 6.61 Å². The van der Waals surface area contributed by atoms with Crippen molar-refractivity contribution in [3.8, 4) is 0 Å². The van der Waals surface area contributed by atoms with Gasteiger partial charge in [-0.05, 0) is 5.56 Å². The molecule has 0 radical (unpaired) electrons. The van der Waals surface area contributed by atoms with Gasteiger partial charge in [-0.15, -0.1) is 0 Å². The number of hydrogen-bond acceptors (Lipinski definition) is 5. The third-order valence-electron chi connectivity index (χ3n) is 3.37. The van der Waals surface area contributed by atoms with Gasteiger partial charge >= 0.3 is 0 Å². The number of fused-ring (bicyclic) bond motifs is 2. The minimum Gasteiger partial charge on any atom is -0.385 e. The Morgan fingerprint density at radius 2 is 2.00 bits per heavy atom. The molecule has 1 aromatic rings. The predicted octanol–water partition coefficient (Wildman–Crippen LogP) is 0.0487. The molecule has 0 aromatic heterocycles. The maximum Gasteiger partial charge on any atom is 0.184 e. The van der Waals surface area contributed by atoms with Crippen LogP contribution in [-0.4, -0.2) is 47.5 Å². The summed E-state index contributed by atoms with van der Waals surface area (Å²) in [5.74, 6) is 0. The number of rotatable bonds is 3. The molecule has 0 amide bonds. The SMILES string of the molecule is OC1OC2COC(C1O)C2OCc1ccccc1. The Morgan fingerprint density at radius 1 is 1.22 bits per heavy atom. The summed E-state index contributed by atoms with van der Waals surface area (Å²) in [4.78, 5) is 0. The Kier molecular flexibility index (Phi) is 3.32. The summed E-state index contributed by atoms with van der Waals surface area (Å²) in [5, 5.41) is 19.2. The second-order valence-electron chi connectivity index (χ2n) is 4.61. The predicted molar refractivity (Wildman–Crippen MR) is 61.6 cm³/mol. The first kappa shape index (κ1) is 12.1. The number of ether oxygens (including phenoxy) is 3. The largest absolute Gasteiger partial charge is 0.385 e. The van der Waals surface area contributed by atoms with Crippen LogP contribution in [0.4, 0.5) is 0 Å². The summed E-state index contributed by atoms with van der Waals surface area (Å²) in [7, 11) is 0. The smallest absolute Gasteiger partial charge is 0.184 e. The first-order valence-electron chi connectivity index (χ1n) is 6.04. The fourth-order valence-corrected chi connectivity index (χ4v) is 2.41. The van der Waals surface area contributed by atoms with Gasteiger partial charge in [-0.1, -0.05) is 30.3 Å². The van der Waals surface area contributed by atoms with Crippen molar-refractivity contribution in [2.24, 2.45) is 0 Å². The van der Waals surface area contributed by atoms with Crippen LogP contribution < -0.4 is 0 Å². The van der Waals surface area contributed by atoms with Gasteiger partial charge in [-0.3, -0.25) is 0 Å². The lowest BCUT2D eigenvalue weighted by atomic mass is 10.0. The maximum atomic E-state index is 9.75. The van der Waals surface area contributed by atoms with Crippen LogP contribution in [0.15, 0.2) is 30.3 Å². The number of aliphatic hydroxyl groups is 2. The van der Waals surface area contributed by atoms with E-state index >= 15 is 0 Å². The van der Waals surface area contributed by atoms with Crippen LogP contribution in [-0.2, 0) is 20.8 Å². The molecule has 3 rings (SSSR count). The van der Waals surface area contributed by atoms with E-state index in [4.69, 9.17) is 14.2 Å². The van der Waals surface area contributed by atoms with E-state index < -0.39 is 18.5 Å². The fourth-order valence-electron chi connectivity index (χ4n) is 2.41. The third-order valence-corrected chi connectivity index (χ3v) is 3.37. The summed E-state index contributed by atoms with van der Waals surface area (Å²) in [6.45, 7) is 0.784. The zero-order valence-corrected chi connectivity index (χ0v) is 9.81. The molecular weight excluding hydrogens is 236 g/mol. The minimum absolute atomic E-state index is 0.308. The lowest BCUT2D eigenvalue weighted by molar-refractivity contribution is -0.252. The highest BCUT2D eigenvalue weighted by Gasteiger charge is 2.51. The van der Waals surface area contributed by atoms with E-state index in [9.17, 15) is 10.2 Å². The quantitative estimate of drug-likeness (QED) is 0.795. The normalized spacial score (nSPS) is 38.9. The van der Waals surface area contributed by atoms with Gasteiger partial charge in [-0.2, -0.15) is 0 Å². The molecule has 5 heteroatoms. The van der Waals surface area contributed by atoms with Gasteiger partial charge in [-0.25, -0.2) is 0 Å². The highest BCUT2D eigenvalue weighted by molar-refractivity contribution is 5.13. The van der Waals surface area contributed by atoms with Gasteiger partial charge in [0.1, 0.15) is 24.4 Å². The van der Waals surface area contributed by atoms with E-state index in [1.807, 2.05) is 30.3 Å². The second-order valence-corrected chi connectivity index (χ2v) is 4.61. The van der Waals surface area contributed by atoms with Gasteiger partial charge in [0, 0.05) is 0 Å². The van der Waals surface area contributed by atoms with E-state index in [1.165, 1.54) is 0 Å². The molecule has 0 aliphatic carbocycles. The molecule has 2 aliphatic rings. The first-order chi connectivity index (χ1) is 8.75. The Balaban J connectivity index is 1.64. The van der Waals surface area contributed by atoms with Crippen LogP contribution in [0.25, 0.3) is 0 Å². The van der Waals surface area contributed by atoms with Crippen LogP contribution >= 0.6 is 0 Å². The summed E-state index contributed by atoms with van der Waals surface area (Å²) >= 11 is 0. The summed E-state index contributed by atoms with van der Waals surface area (Å²) < 4.78 is 16.4. The zero-order valence-electron chi connectivity index (χ0n) is 9.81. The first-order valence-corrected chi connectivity index (χ1v) is 6.04. The van der Waals surface area contributed by atoms with Crippen molar-refractivity contribution in [1.29, 1.82) is 0 Å². The molecule has 2 saturated heterocycles. The fraction of sp³-hybridized carbons (Fsp3) is 0.538. The van der Waals surface area contributed by atoms with Gasteiger partial charge in [0.2, 0.25) is 0 Å². The van der Waals surface area contributed by atoms with Crippen molar-refractivity contribution in [2.45, 2.75) is 37.3 Å². The monoisotopic (exact) mass is 252 g/mol. The molecule has 5 atom stereocenters. The topological polar surface area (TPSA) is 68.2 Å². The summed E-state index contributed by atoms with van der Waals surface area (Å²) in [6.07, 6.45) is -3.38. The van der Waals surface area contributed by atoms with Crippen LogP contribution in [0.5, 0.6) is 0 Å². The lowest BCUT2D eigenvalue weighted by Crippen LogP contribution is -2.53. The minimum atomic E-state index is -1.18. The second kappa shape index (κ2) is 4.95. The third kappa shape index (κ3) is 2.15. The molecule has 5 nitrogen and oxygen atoms in total. The molecule has 2 fully saturated rings. The molecule has 0 saturated carbocycles. The molecule has 2 aliphatic heterocycles. The molecule has 2 heterocycles. The Bertz CT molecular complexity index is 396. The van der Waals surface area contributed by atoms with Gasteiger partial charge < -0.3 is 24.4 Å². The van der Waals surface area contributed by atoms with Crippen LogP contribution in [0.2, 0.25) is 0 Å². The van der Waals surface area contributed by atoms with E-state index in [0.29, 0.717) is 13.2 Å². The van der Waals surface area contributed by atoms with Crippen LogP contribution in [0.3, 0.4) is 0 Å². The molecule has 98 valence electrons.